The number of Topliss-reactive ketones (excluding diaryl/α,β-unsaturated/α-hetero) is 1. The second kappa shape index (κ2) is 9.50. The zero-order valence-corrected chi connectivity index (χ0v) is 21.1. The Hall–Kier alpha value is -2.71. The van der Waals surface area contributed by atoms with Gasteiger partial charge >= 0.3 is 0 Å². The molecule has 2 aromatic rings. The van der Waals surface area contributed by atoms with Crippen molar-refractivity contribution in [1.29, 1.82) is 0 Å². The Morgan fingerprint density at radius 1 is 1.12 bits per heavy atom. The first-order valence-corrected chi connectivity index (χ1v) is 13.0. The summed E-state index contributed by atoms with van der Waals surface area (Å²) < 4.78 is 32.4. The Morgan fingerprint density at radius 3 is 2.18 bits per heavy atom. The fourth-order valence-electron chi connectivity index (χ4n) is 3.91. The van der Waals surface area contributed by atoms with Crippen molar-refractivity contribution >= 4 is 21.5 Å². The lowest BCUT2D eigenvalue weighted by molar-refractivity contribution is -0.129. The molecular weight excluding hydrogens is 454 g/mol. The molecule has 34 heavy (non-hydrogen) atoms. The average Bonchev–Trinajstić information content (AvgIpc) is 2.99. The second-order valence-electron chi connectivity index (χ2n) is 10.2. The number of hydrogen-bond acceptors (Lipinski definition) is 6. The summed E-state index contributed by atoms with van der Waals surface area (Å²) in [6, 6.07) is 13.4. The quantitative estimate of drug-likeness (QED) is 0.621. The minimum absolute atomic E-state index is 0.0431. The molecule has 1 heterocycles. The number of sulfone groups is 1. The summed E-state index contributed by atoms with van der Waals surface area (Å²) in [6.07, 6.45) is -0.667. The molecule has 0 radical (unpaired) electrons. The van der Waals surface area contributed by atoms with E-state index in [0.717, 1.165) is 5.56 Å². The number of amides is 1. The number of ether oxygens (including phenoxy) is 1. The van der Waals surface area contributed by atoms with E-state index in [4.69, 9.17) is 4.74 Å². The van der Waals surface area contributed by atoms with Gasteiger partial charge in [0, 0.05) is 0 Å². The van der Waals surface area contributed by atoms with E-state index in [9.17, 15) is 23.1 Å². The van der Waals surface area contributed by atoms with Crippen molar-refractivity contribution in [1.82, 2.24) is 5.32 Å². The summed E-state index contributed by atoms with van der Waals surface area (Å²) in [5.41, 5.74) is 0.872. The number of carbonyl (C=O) groups is 2. The summed E-state index contributed by atoms with van der Waals surface area (Å²) in [5, 5.41) is 10.8. The highest BCUT2D eigenvalue weighted by atomic mass is 32.2. The van der Waals surface area contributed by atoms with Crippen LogP contribution < -0.4 is 5.32 Å². The van der Waals surface area contributed by atoms with Gasteiger partial charge in [0.2, 0.25) is 5.91 Å². The number of hydrogen-bond donors (Lipinski definition) is 2. The first-order valence-electron chi connectivity index (χ1n) is 11.3. The van der Waals surface area contributed by atoms with Crippen LogP contribution in [-0.4, -0.2) is 48.7 Å². The summed E-state index contributed by atoms with van der Waals surface area (Å²) in [5.74, 6) is -1.31. The third-order valence-corrected chi connectivity index (χ3v) is 8.49. The van der Waals surface area contributed by atoms with Gasteiger partial charge in [-0.3, -0.25) is 9.59 Å². The molecule has 0 saturated carbocycles. The number of phenolic OH excluding ortho intramolecular Hbond substituents is 1. The van der Waals surface area contributed by atoms with E-state index in [-0.39, 0.29) is 35.7 Å². The molecule has 0 aromatic heterocycles. The van der Waals surface area contributed by atoms with Gasteiger partial charge in [-0.1, -0.05) is 57.2 Å². The van der Waals surface area contributed by atoms with E-state index < -0.39 is 32.6 Å². The minimum atomic E-state index is -3.96. The van der Waals surface area contributed by atoms with Crippen molar-refractivity contribution in [3.63, 3.8) is 0 Å². The van der Waals surface area contributed by atoms with Crippen LogP contribution in [0.15, 0.2) is 48.5 Å². The molecule has 0 bridgehead atoms. The predicted octanol–water partition coefficient (Wildman–Crippen LogP) is 3.08. The monoisotopic (exact) mass is 487 g/mol. The van der Waals surface area contributed by atoms with Gasteiger partial charge in [-0.25, -0.2) is 8.42 Å². The molecule has 2 N–H and O–H groups in total. The largest absolute Gasteiger partial charge is 0.508 e. The normalized spacial score (nSPS) is 21.9. The molecule has 3 unspecified atom stereocenters. The molecule has 0 spiro atoms. The van der Waals surface area contributed by atoms with Crippen LogP contribution in [-0.2, 0) is 41.8 Å². The van der Waals surface area contributed by atoms with E-state index in [2.05, 4.69) is 26.1 Å². The summed E-state index contributed by atoms with van der Waals surface area (Å²) in [6.45, 7) is 9.32. The van der Waals surface area contributed by atoms with Crippen molar-refractivity contribution in [2.45, 2.75) is 69.1 Å². The molecule has 1 aliphatic rings. The van der Waals surface area contributed by atoms with Crippen molar-refractivity contribution in [2.24, 2.45) is 0 Å². The van der Waals surface area contributed by atoms with E-state index in [0.29, 0.717) is 11.1 Å². The topological polar surface area (TPSA) is 110 Å². The Labute approximate surface area is 201 Å². The van der Waals surface area contributed by atoms with Crippen molar-refractivity contribution in [3.8, 4) is 5.75 Å². The summed E-state index contributed by atoms with van der Waals surface area (Å²) >= 11 is 0. The number of benzene rings is 2. The van der Waals surface area contributed by atoms with E-state index >= 15 is 0 Å². The number of aromatic hydroxyl groups is 1. The van der Waals surface area contributed by atoms with Gasteiger partial charge in [0.05, 0.1) is 11.9 Å². The number of phenols is 1. The highest BCUT2D eigenvalue weighted by Crippen LogP contribution is 2.26. The maximum Gasteiger partial charge on any atom is 0.239 e. The van der Waals surface area contributed by atoms with Gasteiger partial charge in [-0.05, 0) is 54.5 Å². The third kappa shape index (κ3) is 5.67. The lowest BCUT2D eigenvalue weighted by Crippen LogP contribution is -2.59. The number of carbonyl (C=O) groups excluding carboxylic acids is 2. The highest BCUT2D eigenvalue weighted by Gasteiger charge is 2.48. The van der Waals surface area contributed by atoms with Gasteiger partial charge in [0.15, 0.2) is 15.6 Å². The van der Waals surface area contributed by atoms with Gasteiger partial charge < -0.3 is 15.2 Å². The lowest BCUT2D eigenvalue weighted by atomic mass is 9.87. The van der Waals surface area contributed by atoms with Crippen LogP contribution in [0.4, 0.5) is 0 Å². The second-order valence-corrected chi connectivity index (χ2v) is 12.4. The fourth-order valence-corrected chi connectivity index (χ4v) is 5.60. The zero-order chi connectivity index (χ0) is 25.3. The Morgan fingerprint density at radius 2 is 1.68 bits per heavy atom. The smallest absolute Gasteiger partial charge is 0.239 e. The average molecular weight is 488 g/mol. The summed E-state index contributed by atoms with van der Waals surface area (Å²) in [4.78, 5) is 25.7. The van der Waals surface area contributed by atoms with Gasteiger partial charge in [-0.2, -0.15) is 0 Å². The van der Waals surface area contributed by atoms with Crippen LogP contribution in [0.1, 0.15) is 51.3 Å². The van der Waals surface area contributed by atoms with E-state index in [1.165, 1.54) is 12.1 Å². The minimum Gasteiger partial charge on any atom is -0.508 e. The molecule has 8 heteroatoms. The Kier molecular flexibility index (Phi) is 7.24. The molecule has 3 atom stereocenters. The van der Waals surface area contributed by atoms with E-state index in [1.807, 2.05) is 12.1 Å². The third-order valence-electron chi connectivity index (χ3n) is 6.51. The van der Waals surface area contributed by atoms with Gasteiger partial charge in [0.1, 0.15) is 23.1 Å². The first kappa shape index (κ1) is 25.9. The van der Waals surface area contributed by atoms with Crippen molar-refractivity contribution in [2.75, 3.05) is 6.61 Å². The standard InChI is InChI=1S/C26H33NO6S/c1-17-26(5,23(29)15-33-17)27-24(30)22(14-18-8-12-21(28)13-9-18)34(31,32)16-19-6-10-20(11-7-19)25(2,3)4/h6-13,17,22,28H,14-16H2,1-5H3,(H,27,30). The van der Waals surface area contributed by atoms with Crippen LogP contribution in [0.3, 0.4) is 0 Å². The maximum atomic E-state index is 13.5. The van der Waals surface area contributed by atoms with Crippen LogP contribution >= 0.6 is 0 Å². The van der Waals surface area contributed by atoms with Crippen LogP contribution in [0.5, 0.6) is 5.75 Å². The molecule has 0 aliphatic carbocycles. The molecule has 1 aliphatic heterocycles. The molecule has 7 nitrogen and oxygen atoms in total. The number of nitrogens with one attached hydrogen (secondary N) is 1. The van der Waals surface area contributed by atoms with Gasteiger partial charge in [0.25, 0.3) is 0 Å². The Bertz CT molecular complexity index is 1150. The van der Waals surface area contributed by atoms with Crippen molar-refractivity contribution < 1.29 is 27.9 Å². The Balaban J connectivity index is 1.90. The highest BCUT2D eigenvalue weighted by molar-refractivity contribution is 7.92. The molecule has 2 aromatic carbocycles. The molecule has 1 fully saturated rings. The molecule has 1 amide bonds. The maximum absolute atomic E-state index is 13.5. The van der Waals surface area contributed by atoms with Gasteiger partial charge in [-0.15, -0.1) is 0 Å². The van der Waals surface area contributed by atoms with Crippen LogP contribution in [0, 0.1) is 0 Å². The fraction of sp³-hybridized carbons (Fsp3) is 0.462. The molecular formula is C26H33NO6S. The predicted molar refractivity (Wildman–Crippen MR) is 130 cm³/mol. The van der Waals surface area contributed by atoms with Crippen molar-refractivity contribution in [3.05, 3.63) is 65.2 Å². The molecule has 184 valence electrons. The van der Waals surface area contributed by atoms with E-state index in [1.54, 1.807) is 38.1 Å². The first-order chi connectivity index (χ1) is 15.7. The van der Waals surface area contributed by atoms with Crippen LogP contribution in [0.2, 0.25) is 0 Å². The SMILES string of the molecule is CC1OCC(=O)C1(C)NC(=O)C(Cc1ccc(O)cc1)S(=O)(=O)Cc1ccc(C(C)(C)C)cc1. The zero-order valence-electron chi connectivity index (χ0n) is 20.3. The van der Waals surface area contributed by atoms with Crippen LogP contribution in [0.25, 0.3) is 0 Å². The number of ketones is 1. The summed E-state index contributed by atoms with van der Waals surface area (Å²) in [7, 11) is -3.96. The lowest BCUT2D eigenvalue weighted by Gasteiger charge is -2.29. The molecule has 3 rings (SSSR count). The number of rotatable bonds is 7. The molecule has 1 saturated heterocycles.